The lowest BCUT2D eigenvalue weighted by molar-refractivity contribution is -0.125. The Hall–Kier alpha value is -3.37. The van der Waals surface area contributed by atoms with Gasteiger partial charge in [0.25, 0.3) is 11.8 Å². The quantitative estimate of drug-likeness (QED) is 0.111. The number of likely N-dealkylation sites (tertiary alicyclic amines) is 1. The molecule has 0 unspecified atom stereocenters. The summed E-state index contributed by atoms with van der Waals surface area (Å²) in [5, 5.41) is 28.5. The molecule has 1 heterocycles. The van der Waals surface area contributed by atoms with Gasteiger partial charge in [0, 0.05) is 31.9 Å². The Balaban J connectivity index is 2.04. The lowest BCUT2D eigenvalue weighted by Gasteiger charge is -2.33. The van der Waals surface area contributed by atoms with Crippen molar-refractivity contribution in [1.29, 1.82) is 10.8 Å². The van der Waals surface area contributed by atoms with Gasteiger partial charge in [0.05, 0.1) is 16.3 Å². The molecular weight excluding hydrogens is 503 g/mol. The van der Waals surface area contributed by atoms with Crippen molar-refractivity contribution in [2.45, 2.75) is 45.7 Å². The van der Waals surface area contributed by atoms with Gasteiger partial charge in [-0.3, -0.25) is 9.59 Å². The second kappa shape index (κ2) is 14.3. The van der Waals surface area contributed by atoms with E-state index in [1.54, 1.807) is 24.0 Å². The lowest BCUT2D eigenvalue weighted by Crippen LogP contribution is -2.48. The van der Waals surface area contributed by atoms with Crippen molar-refractivity contribution in [2.24, 2.45) is 10.9 Å². The summed E-state index contributed by atoms with van der Waals surface area (Å²) >= 11 is 12.1. The highest BCUT2D eigenvalue weighted by atomic mass is 35.5. The predicted molar refractivity (Wildman–Crippen MR) is 144 cm³/mol. The molecular formula is C24H32Cl2N8O2. The fourth-order valence-electron chi connectivity index (χ4n) is 3.58. The Kier molecular flexibility index (Phi) is 11.4. The zero-order valence-electron chi connectivity index (χ0n) is 20.3. The van der Waals surface area contributed by atoms with Gasteiger partial charge in [0.1, 0.15) is 11.5 Å². The van der Waals surface area contributed by atoms with E-state index in [-0.39, 0.29) is 23.4 Å². The first-order valence-corrected chi connectivity index (χ1v) is 12.2. The van der Waals surface area contributed by atoms with Gasteiger partial charge in [-0.1, -0.05) is 36.2 Å². The maximum absolute atomic E-state index is 13.2. The average Bonchev–Trinajstić information content (AvgIpc) is 2.88. The Morgan fingerprint density at radius 2 is 1.89 bits per heavy atom. The summed E-state index contributed by atoms with van der Waals surface area (Å²) in [5.74, 6) is 4.94. The van der Waals surface area contributed by atoms with Crippen molar-refractivity contribution in [1.82, 2.24) is 20.9 Å². The molecule has 36 heavy (non-hydrogen) atoms. The Bertz CT molecular complexity index is 1080. The zero-order chi connectivity index (χ0) is 26.7. The number of nitrogens with one attached hydrogen (secondary N) is 5. The molecule has 1 aliphatic heterocycles. The SMILES string of the molecule is CC/C=C(\NCc1ccc(Cl)c(Cl)c1)NC(=O)/C(NC1CCN(C(=O)/C(C=N)=N/N)CC1)=C(\C)C=N. The topological polar surface area (TPSA) is 160 Å². The third-order valence-electron chi connectivity index (χ3n) is 5.59. The van der Waals surface area contributed by atoms with E-state index in [1.807, 2.05) is 19.1 Å². The third kappa shape index (κ3) is 8.10. The van der Waals surface area contributed by atoms with Crippen LogP contribution in [0.5, 0.6) is 0 Å². The standard InChI is InChI=1S/C24H32Cl2N8O2/c1-3-4-21(30-14-16-5-6-18(25)19(26)11-16)32-23(35)22(15(2)12-27)31-17-7-9-34(10-8-17)24(36)20(13-28)33-29/h4-6,11-13,17,27-28,30-31H,3,7-10,14,29H2,1-2H3,(H,32,35)/b21-4+,22-15-,27-12?,28-13?,33-20+. The van der Waals surface area contributed by atoms with E-state index in [4.69, 9.17) is 39.9 Å². The van der Waals surface area contributed by atoms with Crippen molar-refractivity contribution in [2.75, 3.05) is 13.1 Å². The first-order valence-electron chi connectivity index (χ1n) is 11.5. The van der Waals surface area contributed by atoms with E-state index in [0.717, 1.165) is 18.0 Å². The molecule has 0 saturated carbocycles. The van der Waals surface area contributed by atoms with Gasteiger partial charge in [0.15, 0.2) is 5.71 Å². The lowest BCUT2D eigenvalue weighted by atomic mass is 10.0. The van der Waals surface area contributed by atoms with Crippen molar-refractivity contribution in [3.05, 3.63) is 57.0 Å². The van der Waals surface area contributed by atoms with E-state index in [2.05, 4.69) is 21.1 Å². The number of hydrogen-bond acceptors (Lipinski definition) is 8. The van der Waals surface area contributed by atoms with Crippen LogP contribution < -0.4 is 21.8 Å². The van der Waals surface area contributed by atoms with Gasteiger partial charge >= 0.3 is 0 Å². The number of allylic oxidation sites excluding steroid dienone is 2. The highest BCUT2D eigenvalue weighted by molar-refractivity contribution is 6.60. The second-order valence-electron chi connectivity index (χ2n) is 8.15. The first-order chi connectivity index (χ1) is 17.2. The summed E-state index contributed by atoms with van der Waals surface area (Å²) < 4.78 is 0. The molecule has 1 aliphatic rings. The number of nitrogens with two attached hydrogens (primary N) is 1. The van der Waals surface area contributed by atoms with Crippen LogP contribution in [0.1, 0.15) is 38.7 Å². The van der Waals surface area contributed by atoms with Gasteiger partial charge in [-0.05, 0) is 55.5 Å². The smallest absolute Gasteiger partial charge is 0.275 e. The average molecular weight is 535 g/mol. The molecule has 0 radical (unpaired) electrons. The summed E-state index contributed by atoms with van der Waals surface area (Å²) in [7, 11) is 0. The highest BCUT2D eigenvalue weighted by Crippen LogP contribution is 2.22. The zero-order valence-corrected chi connectivity index (χ0v) is 21.8. The minimum Gasteiger partial charge on any atom is -0.377 e. The Morgan fingerprint density at radius 3 is 2.44 bits per heavy atom. The molecule has 0 atom stereocenters. The summed E-state index contributed by atoms with van der Waals surface area (Å²) in [6, 6.07) is 5.25. The van der Waals surface area contributed by atoms with E-state index >= 15 is 0 Å². The van der Waals surface area contributed by atoms with Crippen LogP contribution in [0.2, 0.25) is 10.0 Å². The number of benzene rings is 1. The molecule has 1 saturated heterocycles. The largest absolute Gasteiger partial charge is 0.377 e. The number of nitrogens with zero attached hydrogens (tertiary/aromatic N) is 2. The summed E-state index contributed by atoms with van der Waals surface area (Å²) in [4.78, 5) is 27.1. The summed E-state index contributed by atoms with van der Waals surface area (Å²) in [5.41, 5.74) is 1.56. The maximum Gasteiger partial charge on any atom is 0.275 e. The molecule has 194 valence electrons. The molecule has 0 spiro atoms. The van der Waals surface area contributed by atoms with E-state index < -0.39 is 5.91 Å². The number of rotatable bonds is 11. The summed E-state index contributed by atoms with van der Waals surface area (Å²) in [6.07, 6.45) is 5.67. The van der Waals surface area contributed by atoms with Gasteiger partial charge in [-0.25, -0.2) is 0 Å². The minimum atomic E-state index is -0.391. The molecule has 12 heteroatoms. The molecule has 1 aromatic rings. The highest BCUT2D eigenvalue weighted by Gasteiger charge is 2.27. The van der Waals surface area contributed by atoms with Crippen LogP contribution in [0.25, 0.3) is 0 Å². The van der Waals surface area contributed by atoms with Gasteiger partial charge < -0.3 is 37.5 Å². The van der Waals surface area contributed by atoms with Crippen LogP contribution in [0.15, 0.2) is 46.5 Å². The molecule has 2 rings (SSSR count). The number of hydrogen-bond donors (Lipinski definition) is 6. The second-order valence-corrected chi connectivity index (χ2v) is 8.97. The number of hydrazone groups is 1. The van der Waals surface area contributed by atoms with E-state index in [1.165, 1.54) is 0 Å². The van der Waals surface area contributed by atoms with Gasteiger partial charge in [-0.2, -0.15) is 5.10 Å². The molecule has 0 aliphatic carbocycles. The fraction of sp³-hybridized carbons (Fsp3) is 0.375. The normalized spacial score (nSPS) is 15.6. The maximum atomic E-state index is 13.2. The third-order valence-corrected chi connectivity index (χ3v) is 6.33. The molecule has 0 bridgehead atoms. The predicted octanol–water partition coefficient (Wildman–Crippen LogP) is 2.92. The van der Waals surface area contributed by atoms with Crippen LogP contribution in [0.3, 0.4) is 0 Å². The number of carbonyl (C=O) groups excluding carboxylic acids is 2. The molecule has 0 aromatic heterocycles. The van der Waals surface area contributed by atoms with Crippen molar-refractivity contribution >= 4 is 53.2 Å². The molecule has 10 nitrogen and oxygen atoms in total. The van der Waals surface area contributed by atoms with Crippen molar-refractivity contribution < 1.29 is 9.59 Å². The fourth-order valence-corrected chi connectivity index (χ4v) is 3.90. The van der Waals surface area contributed by atoms with E-state index in [9.17, 15) is 9.59 Å². The number of amides is 2. The van der Waals surface area contributed by atoms with Gasteiger partial charge in [0.2, 0.25) is 0 Å². The monoisotopic (exact) mass is 534 g/mol. The van der Waals surface area contributed by atoms with Crippen LogP contribution in [0.4, 0.5) is 0 Å². The van der Waals surface area contributed by atoms with Crippen molar-refractivity contribution in [3.63, 3.8) is 0 Å². The van der Waals surface area contributed by atoms with Crippen LogP contribution >= 0.6 is 23.2 Å². The number of carbonyl (C=O) groups is 2. The van der Waals surface area contributed by atoms with Crippen LogP contribution in [-0.2, 0) is 16.1 Å². The molecule has 1 aromatic carbocycles. The summed E-state index contributed by atoms with van der Waals surface area (Å²) in [6.45, 7) is 4.92. The first kappa shape index (κ1) is 28.9. The van der Waals surface area contributed by atoms with Crippen LogP contribution in [-0.4, -0.2) is 54.0 Å². The van der Waals surface area contributed by atoms with Crippen molar-refractivity contribution in [3.8, 4) is 0 Å². The molecule has 7 N–H and O–H groups in total. The Labute approximate surface area is 221 Å². The Morgan fingerprint density at radius 1 is 1.19 bits per heavy atom. The number of piperidine rings is 1. The molecule has 1 fully saturated rings. The minimum absolute atomic E-state index is 0.0780. The van der Waals surface area contributed by atoms with Gasteiger partial charge in [-0.15, -0.1) is 0 Å². The van der Waals surface area contributed by atoms with E-state index in [0.29, 0.717) is 60.3 Å². The van der Waals surface area contributed by atoms with Crippen LogP contribution in [0, 0.1) is 10.8 Å². The molecule has 2 amide bonds. The number of halogens is 2.